The maximum Gasteiger partial charge on any atom is 0.305 e. The van der Waals surface area contributed by atoms with Gasteiger partial charge in [0.15, 0.2) is 16.7 Å². The first-order valence-corrected chi connectivity index (χ1v) is 10.9. The fourth-order valence-electron chi connectivity index (χ4n) is 2.94. The van der Waals surface area contributed by atoms with Crippen molar-refractivity contribution < 1.29 is 14.0 Å². The second kappa shape index (κ2) is 9.71. The smallest absolute Gasteiger partial charge is 0.305 e. The highest BCUT2D eigenvalue weighted by molar-refractivity contribution is 7.99. The lowest BCUT2D eigenvalue weighted by Crippen LogP contribution is -2.42. The van der Waals surface area contributed by atoms with Gasteiger partial charge in [0.1, 0.15) is 0 Å². The average Bonchev–Trinajstić information content (AvgIpc) is 3.47. The van der Waals surface area contributed by atoms with Crippen molar-refractivity contribution in [1.82, 2.24) is 25.6 Å². The number of carbonyl (C=O) groups excluding carboxylic acids is 2. The van der Waals surface area contributed by atoms with E-state index in [9.17, 15) is 9.59 Å². The second-order valence-corrected chi connectivity index (χ2v) is 8.08. The first kappa shape index (κ1) is 21.7. The van der Waals surface area contributed by atoms with Crippen LogP contribution in [0.25, 0.3) is 17.1 Å². The second-order valence-electron chi connectivity index (χ2n) is 6.70. The van der Waals surface area contributed by atoms with Crippen molar-refractivity contribution in [3.63, 3.8) is 0 Å². The molecule has 2 aromatic heterocycles. The topological polar surface area (TPSA) is 102 Å². The largest absolute Gasteiger partial charge is 0.459 e. The third-order valence-corrected chi connectivity index (χ3v) is 5.67. The van der Waals surface area contributed by atoms with Gasteiger partial charge in [0, 0.05) is 10.6 Å². The van der Waals surface area contributed by atoms with Crippen LogP contribution in [0.1, 0.15) is 16.1 Å². The summed E-state index contributed by atoms with van der Waals surface area (Å²) in [7, 11) is 0. The van der Waals surface area contributed by atoms with Crippen LogP contribution in [-0.4, -0.2) is 32.3 Å². The van der Waals surface area contributed by atoms with Gasteiger partial charge in [-0.15, -0.1) is 10.2 Å². The predicted molar refractivity (Wildman–Crippen MR) is 122 cm³/mol. The lowest BCUT2D eigenvalue weighted by molar-refractivity contribution is -0.119. The molecule has 0 atom stereocenters. The number of aryl methyl sites for hydroxylation is 1. The fraction of sp³-hybridized carbons (Fsp3) is 0.0909. The summed E-state index contributed by atoms with van der Waals surface area (Å²) in [5.74, 6) is -0.193. The van der Waals surface area contributed by atoms with Gasteiger partial charge in [-0.1, -0.05) is 41.6 Å². The van der Waals surface area contributed by atoms with Crippen LogP contribution in [0.3, 0.4) is 0 Å². The molecular weight excluding hydrogens is 450 g/mol. The summed E-state index contributed by atoms with van der Waals surface area (Å²) in [6.07, 6.45) is 1.38. The summed E-state index contributed by atoms with van der Waals surface area (Å²) in [5.41, 5.74) is 7.44. The summed E-state index contributed by atoms with van der Waals surface area (Å²) in [6.45, 7) is 1.99. The van der Waals surface area contributed by atoms with Crippen LogP contribution in [0.4, 0.5) is 0 Å². The SMILES string of the molecule is Cc1ccccc1-n1c(SCC(=O)NNC(=O)c2ccco2)nnc1-c1ccc(Cl)cc1. The van der Waals surface area contributed by atoms with E-state index in [0.717, 1.165) is 16.8 Å². The number of nitrogens with zero attached hydrogens (tertiary/aromatic N) is 3. The third-order valence-electron chi connectivity index (χ3n) is 4.48. The molecule has 32 heavy (non-hydrogen) atoms. The van der Waals surface area contributed by atoms with E-state index in [1.807, 2.05) is 47.9 Å². The van der Waals surface area contributed by atoms with Crippen molar-refractivity contribution in [1.29, 1.82) is 0 Å². The van der Waals surface area contributed by atoms with Gasteiger partial charge in [0.2, 0.25) is 5.91 Å². The highest BCUT2D eigenvalue weighted by Gasteiger charge is 2.19. The summed E-state index contributed by atoms with van der Waals surface area (Å²) in [4.78, 5) is 24.2. The normalized spacial score (nSPS) is 10.7. The van der Waals surface area contributed by atoms with Gasteiger partial charge in [-0.05, 0) is 55.0 Å². The van der Waals surface area contributed by atoms with Gasteiger partial charge in [0.25, 0.3) is 0 Å². The molecule has 2 aromatic carbocycles. The minimum absolute atomic E-state index is 0.0169. The number of aromatic nitrogens is 3. The number of thioether (sulfide) groups is 1. The van der Waals surface area contributed by atoms with Crippen molar-refractivity contribution in [2.24, 2.45) is 0 Å². The van der Waals surface area contributed by atoms with Crippen LogP contribution in [0, 0.1) is 6.92 Å². The number of para-hydroxylation sites is 1. The van der Waals surface area contributed by atoms with Gasteiger partial charge in [-0.25, -0.2) is 0 Å². The summed E-state index contributed by atoms with van der Waals surface area (Å²) in [6, 6.07) is 18.2. The number of hydrazine groups is 1. The molecule has 0 saturated heterocycles. The Hall–Kier alpha value is -3.56. The van der Waals surface area contributed by atoms with E-state index in [1.165, 1.54) is 24.1 Å². The fourth-order valence-corrected chi connectivity index (χ4v) is 3.81. The molecular formula is C22H18ClN5O3S. The lowest BCUT2D eigenvalue weighted by Gasteiger charge is -2.13. The molecule has 2 N–H and O–H groups in total. The van der Waals surface area contributed by atoms with Crippen LogP contribution in [0.2, 0.25) is 5.02 Å². The zero-order valence-corrected chi connectivity index (χ0v) is 18.5. The molecule has 2 heterocycles. The number of furan rings is 1. The number of hydrogen-bond donors (Lipinski definition) is 2. The van der Waals surface area contributed by atoms with E-state index in [0.29, 0.717) is 16.0 Å². The first-order chi connectivity index (χ1) is 15.5. The zero-order valence-electron chi connectivity index (χ0n) is 16.9. The highest BCUT2D eigenvalue weighted by Crippen LogP contribution is 2.30. The maximum atomic E-state index is 12.3. The molecule has 0 aliphatic heterocycles. The van der Waals surface area contributed by atoms with E-state index < -0.39 is 11.8 Å². The Labute approximate surface area is 193 Å². The van der Waals surface area contributed by atoms with E-state index in [1.54, 1.807) is 18.2 Å². The number of nitrogens with one attached hydrogen (secondary N) is 2. The van der Waals surface area contributed by atoms with Crippen LogP contribution in [0.15, 0.2) is 76.5 Å². The van der Waals surface area contributed by atoms with Crippen molar-refractivity contribution in [2.75, 3.05) is 5.75 Å². The third kappa shape index (κ3) is 4.84. The Balaban J connectivity index is 1.53. The van der Waals surface area contributed by atoms with E-state index in [-0.39, 0.29) is 11.5 Å². The van der Waals surface area contributed by atoms with Crippen molar-refractivity contribution in [2.45, 2.75) is 12.1 Å². The number of amides is 2. The van der Waals surface area contributed by atoms with Crippen molar-refractivity contribution in [3.05, 3.63) is 83.3 Å². The molecule has 0 aliphatic carbocycles. The minimum atomic E-state index is -0.540. The number of benzene rings is 2. The molecule has 0 spiro atoms. The van der Waals surface area contributed by atoms with Gasteiger partial charge < -0.3 is 4.42 Å². The van der Waals surface area contributed by atoms with Gasteiger partial charge in [-0.2, -0.15) is 0 Å². The van der Waals surface area contributed by atoms with Gasteiger partial charge >= 0.3 is 5.91 Å². The average molecular weight is 468 g/mol. The highest BCUT2D eigenvalue weighted by atomic mass is 35.5. The summed E-state index contributed by atoms with van der Waals surface area (Å²) >= 11 is 7.23. The van der Waals surface area contributed by atoms with Crippen molar-refractivity contribution >= 4 is 35.2 Å². The number of halogens is 1. The number of carbonyl (C=O) groups is 2. The van der Waals surface area contributed by atoms with E-state index >= 15 is 0 Å². The monoisotopic (exact) mass is 467 g/mol. The molecule has 4 aromatic rings. The standard InChI is InChI=1S/C22H18ClN5O3S/c1-14-5-2-3-6-17(14)28-20(15-8-10-16(23)11-9-15)25-27-22(28)32-13-19(29)24-26-21(30)18-7-4-12-31-18/h2-12H,13H2,1H3,(H,24,29)(H,26,30). The predicted octanol–water partition coefficient (Wildman–Crippen LogP) is 4.04. The van der Waals surface area contributed by atoms with Crippen LogP contribution in [-0.2, 0) is 4.79 Å². The van der Waals surface area contributed by atoms with Crippen LogP contribution >= 0.6 is 23.4 Å². The molecule has 8 nitrogen and oxygen atoms in total. The molecule has 2 amide bonds. The molecule has 4 rings (SSSR count). The Morgan fingerprint density at radius 1 is 1.03 bits per heavy atom. The van der Waals surface area contributed by atoms with Crippen LogP contribution in [0.5, 0.6) is 0 Å². The molecule has 162 valence electrons. The molecule has 0 bridgehead atoms. The molecule has 0 fully saturated rings. The van der Waals surface area contributed by atoms with E-state index in [2.05, 4.69) is 21.0 Å². The molecule has 0 unspecified atom stereocenters. The Bertz CT molecular complexity index is 1240. The first-order valence-electron chi connectivity index (χ1n) is 9.56. The Morgan fingerprint density at radius 2 is 1.81 bits per heavy atom. The Kier molecular flexibility index (Phi) is 6.58. The quantitative estimate of drug-likeness (QED) is 0.328. The molecule has 0 saturated carbocycles. The van der Waals surface area contributed by atoms with Crippen LogP contribution < -0.4 is 10.9 Å². The zero-order chi connectivity index (χ0) is 22.5. The maximum absolute atomic E-state index is 12.3. The van der Waals surface area contributed by atoms with Gasteiger partial charge in [-0.3, -0.25) is 25.0 Å². The molecule has 0 radical (unpaired) electrons. The van der Waals surface area contributed by atoms with Gasteiger partial charge in [0.05, 0.1) is 17.7 Å². The number of hydrogen-bond acceptors (Lipinski definition) is 6. The molecule has 10 heteroatoms. The lowest BCUT2D eigenvalue weighted by atomic mass is 10.1. The number of rotatable bonds is 6. The molecule has 0 aliphatic rings. The summed E-state index contributed by atoms with van der Waals surface area (Å²) in [5, 5.41) is 9.82. The van der Waals surface area contributed by atoms with E-state index in [4.69, 9.17) is 16.0 Å². The Morgan fingerprint density at radius 3 is 2.53 bits per heavy atom. The summed E-state index contributed by atoms with van der Waals surface area (Å²) < 4.78 is 6.89. The van der Waals surface area contributed by atoms with Crippen molar-refractivity contribution in [3.8, 4) is 17.1 Å². The minimum Gasteiger partial charge on any atom is -0.459 e.